The van der Waals surface area contributed by atoms with Gasteiger partial charge in [0.25, 0.3) is 0 Å². The highest BCUT2D eigenvalue weighted by atomic mass is 127. The predicted octanol–water partition coefficient (Wildman–Crippen LogP) is 13.6. The Bertz CT molecular complexity index is 2960. The van der Waals surface area contributed by atoms with Crippen molar-refractivity contribution in [2.75, 3.05) is 19.6 Å². The number of carboxylic acid groups (broad SMARTS) is 2. The Morgan fingerprint density at radius 1 is 0.477 bits per heavy atom. The molecule has 14 rings (SSSR count). The van der Waals surface area contributed by atoms with Crippen molar-refractivity contribution in [3.8, 4) is 0 Å². The minimum atomic E-state index is -6.09. The van der Waals surface area contributed by atoms with E-state index in [0.717, 1.165) is 75.0 Å². The average molecular weight is 1500 g/mol. The van der Waals surface area contributed by atoms with E-state index < -0.39 is 38.4 Å². The summed E-state index contributed by atoms with van der Waals surface area (Å²) in [6.07, 6.45) is 7.49. The zero-order valence-corrected chi connectivity index (χ0v) is 54.5. The number of ketones is 2. The number of nitrogens with zero attached hydrogens (tertiary/aromatic N) is 1. The van der Waals surface area contributed by atoms with Crippen LogP contribution >= 0.6 is 45.2 Å². The standard InChI is InChI=1S/2C18H12F2IS.2C11H14O3.C6H15N.CHF3O3S.CH4/c2*19-13-1-7-16(8-2-13)22(17-9-3-14(20)4-10-17)18-11-5-15(21)6-12-18;2*12-9-7-1-6-2-8(9)5-11(3-6,4-7)10(13)14;1-4-7(5-2)6-3;2-1(3,4)8(5,6)7;/h2*1-12H;2*6-8H,1-5H2,(H,13,14);4-6H2,1-3H3;(H,5,6,7);1H4/q2*+1;;;;;/p-3. The molecule has 0 saturated heterocycles. The van der Waals surface area contributed by atoms with Gasteiger partial charge in [0.15, 0.2) is 39.5 Å². The van der Waals surface area contributed by atoms with Crippen LogP contribution in [0.4, 0.5) is 30.7 Å². The molecule has 8 saturated carbocycles. The second-order valence-corrected chi connectivity index (χ2v) is 30.4. The molecule has 0 heterocycles. The molecule has 88 heavy (non-hydrogen) atoms. The lowest BCUT2D eigenvalue weighted by Gasteiger charge is -2.56. The van der Waals surface area contributed by atoms with Gasteiger partial charge < -0.3 is 29.3 Å². The van der Waals surface area contributed by atoms with E-state index in [1.807, 2.05) is 24.3 Å². The first-order valence-corrected chi connectivity index (χ1v) is 34.4. The SMILES string of the molecule is C.CCN(CC)CC.Fc1ccc([S+](c2ccc(F)cc2)c2ccc(I)cc2)cc1.Fc1ccc([S+](c2ccc(F)cc2)c2ccc(I)cc2)cc1.O=C1C2CC3CC1CC(C(=O)[O-])(C3)C2.O=C1C2CC3CC1CC(C(=O)[O-])(C3)C2.O=S(=O)([O-])C(F)(F)F. The molecule has 0 N–H and O–H groups in total. The maximum absolute atomic E-state index is 13.2. The molecule has 10 nitrogen and oxygen atoms in total. The van der Waals surface area contributed by atoms with Crippen LogP contribution in [0.1, 0.15) is 92.4 Å². The maximum Gasteiger partial charge on any atom is 0.485 e. The van der Waals surface area contributed by atoms with Crippen molar-refractivity contribution in [2.45, 2.75) is 127 Å². The van der Waals surface area contributed by atoms with Crippen LogP contribution in [-0.4, -0.2) is 66.5 Å². The van der Waals surface area contributed by atoms with Gasteiger partial charge in [-0.25, -0.2) is 26.0 Å². The molecule has 4 unspecified atom stereocenters. The molecule has 8 aliphatic rings. The van der Waals surface area contributed by atoms with Crippen molar-refractivity contribution in [1.29, 1.82) is 0 Å². The molecule has 0 amide bonds. The number of aliphatic carboxylic acids is 2. The first-order chi connectivity index (χ1) is 41.1. The maximum atomic E-state index is 13.2. The Balaban J connectivity index is 0.000000176. The second-order valence-electron chi connectivity index (χ2n) is 22.5. The highest BCUT2D eigenvalue weighted by Gasteiger charge is 2.57. The third-order valence-corrected chi connectivity index (χ3v) is 23.2. The van der Waals surface area contributed by atoms with Gasteiger partial charge in [0.05, 0.1) is 21.8 Å². The van der Waals surface area contributed by atoms with Crippen LogP contribution in [0.3, 0.4) is 0 Å². The molecule has 6 aromatic rings. The van der Waals surface area contributed by atoms with Crippen molar-refractivity contribution in [3.05, 3.63) is 176 Å². The molecule has 22 heteroatoms. The number of benzene rings is 6. The van der Waals surface area contributed by atoms with Crippen molar-refractivity contribution in [1.82, 2.24) is 4.90 Å². The number of alkyl halides is 3. The van der Waals surface area contributed by atoms with Gasteiger partial charge >= 0.3 is 5.51 Å². The van der Waals surface area contributed by atoms with E-state index in [1.165, 1.54) is 68.2 Å². The average Bonchev–Trinajstić information content (AvgIpc) is 0.884. The summed E-state index contributed by atoms with van der Waals surface area (Å²) in [4.78, 5) is 54.4. The highest BCUT2D eigenvalue weighted by molar-refractivity contribution is 14.1. The number of halogens is 9. The molecule has 474 valence electrons. The van der Waals surface area contributed by atoms with Crippen molar-refractivity contribution >= 4 is 101 Å². The van der Waals surface area contributed by atoms with Gasteiger partial charge in [-0.15, -0.1) is 0 Å². The topological polar surface area (TPSA) is 175 Å². The van der Waals surface area contributed by atoms with E-state index in [-0.39, 0.29) is 76.2 Å². The number of carboxylic acids is 2. The zero-order chi connectivity index (χ0) is 63.6. The van der Waals surface area contributed by atoms with Crippen LogP contribution in [0.2, 0.25) is 0 Å². The smallest absolute Gasteiger partial charge is 0.485 e. The summed E-state index contributed by atoms with van der Waals surface area (Å²) in [6, 6.07) is 42.5. The van der Waals surface area contributed by atoms with Gasteiger partial charge in [0.2, 0.25) is 0 Å². The number of Topliss-reactive ketones (excluding diaryl/α,β-unsaturated/α-hetero) is 2. The Kier molecular flexibility index (Phi) is 25.8. The summed E-state index contributed by atoms with van der Waals surface area (Å²) < 4.78 is 114. The Morgan fingerprint density at radius 3 is 0.852 bits per heavy atom. The number of hydrogen-bond donors (Lipinski definition) is 0. The lowest BCUT2D eigenvalue weighted by atomic mass is 9.49. The number of carbonyl (C=O) groups is 4. The van der Waals surface area contributed by atoms with Crippen LogP contribution in [0.5, 0.6) is 0 Å². The van der Waals surface area contributed by atoms with E-state index >= 15 is 0 Å². The van der Waals surface area contributed by atoms with E-state index in [1.54, 1.807) is 48.5 Å². The molecule has 0 spiro atoms. The van der Waals surface area contributed by atoms with Crippen molar-refractivity contribution in [3.63, 3.8) is 0 Å². The van der Waals surface area contributed by atoms with Crippen LogP contribution < -0.4 is 10.2 Å². The molecule has 6 aromatic carbocycles. The zero-order valence-electron chi connectivity index (χ0n) is 47.8. The lowest BCUT2D eigenvalue weighted by molar-refractivity contribution is -0.326. The van der Waals surface area contributed by atoms with Crippen LogP contribution in [-0.2, 0) is 51.1 Å². The van der Waals surface area contributed by atoms with Gasteiger partial charge in [-0.3, -0.25) is 9.59 Å². The summed E-state index contributed by atoms with van der Waals surface area (Å²) in [5, 5.41) is 22.3. The van der Waals surface area contributed by atoms with Gasteiger partial charge in [0, 0.05) is 53.6 Å². The second kappa shape index (κ2) is 31.4. The fourth-order valence-electron chi connectivity index (χ4n) is 12.9. The Labute approximate surface area is 543 Å². The predicted molar refractivity (Wildman–Crippen MR) is 336 cm³/mol. The first-order valence-electron chi connectivity index (χ1n) is 28.3. The molecular formula is C66H69F7I2NO9S3-. The quantitative estimate of drug-likeness (QED) is 0.0399. The molecular weight excluding hydrogens is 1430 g/mol. The number of carbonyl (C=O) groups excluding carboxylic acids is 4. The van der Waals surface area contributed by atoms with E-state index in [2.05, 4.69) is 95.1 Å². The molecule has 0 radical (unpaired) electrons. The third-order valence-electron chi connectivity index (χ3n) is 16.8. The summed E-state index contributed by atoms with van der Waals surface area (Å²) in [6.45, 7) is 10.1. The molecule has 8 aliphatic carbocycles. The fraction of sp³-hybridized carbons (Fsp3) is 0.394. The van der Waals surface area contributed by atoms with Crippen LogP contribution in [0.25, 0.3) is 0 Å². The van der Waals surface area contributed by atoms with Gasteiger partial charge in [-0.2, -0.15) is 13.2 Å². The van der Waals surface area contributed by atoms with Gasteiger partial charge in [-0.05, 0) is 286 Å². The Morgan fingerprint density at radius 2 is 0.682 bits per heavy atom. The van der Waals surface area contributed by atoms with Crippen molar-refractivity contribution < 1.29 is 73.1 Å². The summed E-state index contributed by atoms with van der Waals surface area (Å²) in [5.41, 5.74) is -6.91. The Hall–Kier alpha value is -4.86. The van der Waals surface area contributed by atoms with Crippen LogP contribution in [0, 0.1) is 76.7 Å². The molecule has 0 aliphatic heterocycles. The van der Waals surface area contributed by atoms with E-state index in [4.69, 9.17) is 13.0 Å². The third kappa shape index (κ3) is 18.4. The number of rotatable bonds is 11. The monoisotopic (exact) mass is 1500 g/mol. The van der Waals surface area contributed by atoms with E-state index in [9.17, 15) is 60.1 Å². The van der Waals surface area contributed by atoms with Gasteiger partial charge in [-0.1, -0.05) is 28.2 Å². The minimum Gasteiger partial charge on any atom is -0.741 e. The van der Waals surface area contributed by atoms with Crippen LogP contribution in [0.15, 0.2) is 175 Å². The van der Waals surface area contributed by atoms with Gasteiger partial charge in [0.1, 0.15) is 34.8 Å². The normalized spacial score (nSPS) is 23.4. The molecule has 8 fully saturated rings. The largest absolute Gasteiger partial charge is 0.741 e. The van der Waals surface area contributed by atoms with Crippen molar-refractivity contribution in [2.24, 2.45) is 46.3 Å². The number of hydrogen-bond acceptors (Lipinski definition) is 10. The summed E-state index contributed by atoms with van der Waals surface area (Å²) in [5.74, 6) is -1.07. The molecule has 4 atom stereocenters. The molecule has 8 bridgehead atoms. The highest BCUT2D eigenvalue weighted by Crippen LogP contribution is 2.59. The lowest BCUT2D eigenvalue weighted by Crippen LogP contribution is -2.57. The molecule has 0 aromatic heterocycles. The first kappa shape index (κ1) is 72.2. The summed E-state index contributed by atoms with van der Waals surface area (Å²) >= 11 is 4.52. The fourth-order valence-corrected chi connectivity index (χ4v) is 17.7. The minimum absolute atomic E-state index is 0. The van der Waals surface area contributed by atoms with E-state index in [0.29, 0.717) is 49.1 Å². The summed E-state index contributed by atoms with van der Waals surface area (Å²) in [7, 11) is -6.84.